The Morgan fingerprint density at radius 2 is 1.73 bits per heavy atom. The van der Waals surface area contributed by atoms with Gasteiger partial charge in [0.2, 0.25) is 5.91 Å². The summed E-state index contributed by atoms with van der Waals surface area (Å²) in [6.45, 7) is 0.563. The third-order valence-corrected chi connectivity index (χ3v) is 6.67. The predicted octanol–water partition coefficient (Wildman–Crippen LogP) is 4.23. The molecule has 0 spiro atoms. The van der Waals surface area contributed by atoms with Crippen LogP contribution in [-0.2, 0) is 11.3 Å². The van der Waals surface area contributed by atoms with Gasteiger partial charge in [-0.1, -0.05) is 12.1 Å². The third kappa shape index (κ3) is 2.83. The molecule has 1 N–H and O–H groups in total. The van der Waals surface area contributed by atoms with Gasteiger partial charge >= 0.3 is 0 Å². The van der Waals surface area contributed by atoms with Crippen LogP contribution in [0.5, 0.6) is 0 Å². The zero-order chi connectivity index (χ0) is 17.7. The van der Waals surface area contributed by atoms with Crippen LogP contribution in [0.4, 0.5) is 10.1 Å². The first-order chi connectivity index (χ1) is 12.6. The first-order valence-corrected chi connectivity index (χ1v) is 9.66. The molecule has 1 aromatic carbocycles. The molecule has 1 amide bonds. The van der Waals surface area contributed by atoms with Crippen LogP contribution in [0.25, 0.3) is 0 Å². The minimum absolute atomic E-state index is 0.145. The van der Waals surface area contributed by atoms with Gasteiger partial charge in [-0.05, 0) is 74.0 Å². The Labute approximate surface area is 152 Å². The molecule has 0 unspecified atom stereocenters. The highest BCUT2D eigenvalue weighted by atomic mass is 19.1. The fourth-order valence-corrected chi connectivity index (χ4v) is 5.94. The first-order valence-electron chi connectivity index (χ1n) is 9.66. The number of halogens is 1. The molecule has 136 valence electrons. The quantitative estimate of drug-likeness (QED) is 0.894. The van der Waals surface area contributed by atoms with Gasteiger partial charge in [-0.15, -0.1) is 0 Å². The lowest BCUT2D eigenvalue weighted by Crippen LogP contribution is -2.51. The molecule has 4 saturated carbocycles. The molecule has 1 heterocycles. The summed E-state index contributed by atoms with van der Waals surface area (Å²) in [6, 6.07) is 6.42. The highest BCUT2D eigenvalue weighted by Crippen LogP contribution is 2.60. The van der Waals surface area contributed by atoms with Gasteiger partial charge in [-0.2, -0.15) is 5.10 Å². The van der Waals surface area contributed by atoms with Crippen molar-refractivity contribution in [3.63, 3.8) is 0 Å². The van der Waals surface area contributed by atoms with Gasteiger partial charge in [0.1, 0.15) is 5.82 Å². The van der Waals surface area contributed by atoms with Crippen molar-refractivity contribution in [2.45, 2.75) is 45.1 Å². The van der Waals surface area contributed by atoms with Crippen molar-refractivity contribution >= 4 is 11.6 Å². The molecule has 4 aliphatic carbocycles. The third-order valence-electron chi connectivity index (χ3n) is 6.67. The van der Waals surface area contributed by atoms with Crippen LogP contribution in [-0.4, -0.2) is 15.7 Å². The van der Waals surface area contributed by atoms with E-state index in [4.69, 9.17) is 0 Å². The minimum atomic E-state index is -0.238. The fourth-order valence-electron chi connectivity index (χ4n) is 5.94. The average molecular weight is 353 g/mol. The van der Waals surface area contributed by atoms with E-state index in [9.17, 15) is 9.18 Å². The zero-order valence-electron chi connectivity index (χ0n) is 14.8. The van der Waals surface area contributed by atoms with Crippen molar-refractivity contribution in [3.8, 4) is 0 Å². The van der Waals surface area contributed by atoms with Gasteiger partial charge in [-0.25, -0.2) is 4.39 Å². The van der Waals surface area contributed by atoms with Crippen LogP contribution in [0.3, 0.4) is 0 Å². The maximum absolute atomic E-state index is 13.1. The van der Waals surface area contributed by atoms with Gasteiger partial charge < -0.3 is 5.32 Å². The summed E-state index contributed by atoms with van der Waals surface area (Å²) < 4.78 is 14.8. The van der Waals surface area contributed by atoms with Crippen molar-refractivity contribution in [1.29, 1.82) is 0 Å². The maximum atomic E-state index is 13.1. The van der Waals surface area contributed by atoms with Gasteiger partial charge in [-0.3, -0.25) is 9.48 Å². The number of benzene rings is 1. The van der Waals surface area contributed by atoms with Crippen LogP contribution in [0.15, 0.2) is 36.7 Å². The lowest BCUT2D eigenvalue weighted by Gasteiger charge is -2.55. The molecule has 5 heteroatoms. The summed E-state index contributed by atoms with van der Waals surface area (Å²) >= 11 is 0. The Morgan fingerprint density at radius 1 is 1.12 bits per heavy atom. The van der Waals surface area contributed by atoms with Gasteiger partial charge in [0, 0.05) is 6.20 Å². The number of carbonyl (C=O) groups excluding carboxylic acids is 1. The van der Waals surface area contributed by atoms with E-state index in [1.54, 1.807) is 23.0 Å². The van der Waals surface area contributed by atoms with Crippen LogP contribution < -0.4 is 5.32 Å². The standard InChI is InChI=1S/C21H24FN3O/c22-18-3-1-14(2-4-18)12-25-13-19(11-23-25)24-20(26)21-8-15-5-16(9-21)7-17(6-15)10-21/h1-4,11,13,15-17H,5-10,12H2,(H,24,26). The van der Waals surface area contributed by atoms with Gasteiger partial charge in [0.05, 0.1) is 23.8 Å². The van der Waals surface area contributed by atoms with E-state index in [1.165, 1.54) is 31.4 Å². The molecule has 4 bridgehead atoms. The second-order valence-corrected chi connectivity index (χ2v) is 8.71. The Bertz CT molecular complexity index is 791. The van der Waals surface area contributed by atoms with Crippen molar-refractivity contribution in [2.75, 3.05) is 5.32 Å². The molecule has 6 rings (SSSR count). The molecular formula is C21H24FN3O. The van der Waals surface area contributed by atoms with E-state index >= 15 is 0 Å². The maximum Gasteiger partial charge on any atom is 0.230 e. The number of amides is 1. The second kappa shape index (κ2) is 5.93. The summed E-state index contributed by atoms with van der Waals surface area (Å²) in [4.78, 5) is 13.1. The van der Waals surface area contributed by atoms with Crippen molar-refractivity contribution in [2.24, 2.45) is 23.2 Å². The average Bonchev–Trinajstić information content (AvgIpc) is 3.03. The van der Waals surface area contributed by atoms with E-state index < -0.39 is 0 Å². The lowest BCUT2D eigenvalue weighted by molar-refractivity contribution is -0.140. The number of carbonyl (C=O) groups is 1. The van der Waals surface area contributed by atoms with E-state index in [1.807, 2.05) is 6.20 Å². The smallest absolute Gasteiger partial charge is 0.230 e. The predicted molar refractivity (Wildman–Crippen MR) is 97.0 cm³/mol. The first kappa shape index (κ1) is 16.0. The summed E-state index contributed by atoms with van der Waals surface area (Å²) in [7, 11) is 0. The number of hydrogen-bond acceptors (Lipinski definition) is 2. The molecule has 26 heavy (non-hydrogen) atoms. The minimum Gasteiger partial charge on any atom is -0.323 e. The van der Waals surface area contributed by atoms with Crippen LogP contribution in [0.2, 0.25) is 0 Å². The zero-order valence-corrected chi connectivity index (χ0v) is 14.8. The highest BCUT2D eigenvalue weighted by Gasteiger charge is 2.54. The van der Waals surface area contributed by atoms with E-state index in [2.05, 4.69) is 10.4 Å². The molecule has 0 aliphatic heterocycles. The molecule has 2 aromatic rings. The largest absolute Gasteiger partial charge is 0.323 e. The Morgan fingerprint density at radius 3 is 2.35 bits per heavy atom. The number of nitrogens with zero attached hydrogens (tertiary/aromatic N) is 2. The molecular weight excluding hydrogens is 329 g/mol. The number of nitrogens with one attached hydrogen (secondary N) is 1. The lowest BCUT2D eigenvalue weighted by atomic mass is 9.49. The summed E-state index contributed by atoms with van der Waals surface area (Å²) in [5.74, 6) is 2.23. The molecule has 1 aromatic heterocycles. The molecule has 0 atom stereocenters. The summed E-state index contributed by atoms with van der Waals surface area (Å²) in [6.07, 6.45) is 10.8. The van der Waals surface area contributed by atoms with Gasteiger partial charge in [0.25, 0.3) is 0 Å². The SMILES string of the molecule is O=C(Nc1cnn(Cc2ccc(F)cc2)c1)C12CC3CC(CC(C3)C1)C2. The van der Waals surface area contributed by atoms with Crippen molar-refractivity contribution in [1.82, 2.24) is 9.78 Å². The van der Waals surface area contributed by atoms with Crippen LogP contribution in [0.1, 0.15) is 44.1 Å². The molecule has 4 fully saturated rings. The molecule has 0 radical (unpaired) electrons. The Balaban J connectivity index is 1.27. The summed E-state index contributed by atoms with van der Waals surface area (Å²) in [5.41, 5.74) is 1.59. The van der Waals surface area contributed by atoms with E-state index in [-0.39, 0.29) is 17.1 Å². The molecule has 4 aliphatic rings. The van der Waals surface area contributed by atoms with Crippen LogP contribution >= 0.6 is 0 Å². The van der Waals surface area contributed by atoms with Crippen molar-refractivity contribution < 1.29 is 9.18 Å². The van der Waals surface area contributed by atoms with E-state index in [0.29, 0.717) is 6.54 Å². The van der Waals surface area contributed by atoms with Crippen LogP contribution in [0, 0.1) is 29.0 Å². The monoisotopic (exact) mass is 353 g/mol. The highest BCUT2D eigenvalue weighted by molar-refractivity contribution is 5.95. The summed E-state index contributed by atoms with van der Waals surface area (Å²) in [5, 5.41) is 7.47. The van der Waals surface area contributed by atoms with Crippen molar-refractivity contribution in [3.05, 3.63) is 48.0 Å². The number of anilines is 1. The molecule has 4 nitrogen and oxygen atoms in total. The topological polar surface area (TPSA) is 46.9 Å². The molecule has 0 saturated heterocycles. The number of rotatable bonds is 4. The van der Waals surface area contributed by atoms with E-state index in [0.717, 1.165) is 48.3 Å². The van der Waals surface area contributed by atoms with Gasteiger partial charge in [0.15, 0.2) is 0 Å². The number of hydrogen-bond donors (Lipinski definition) is 1. The second-order valence-electron chi connectivity index (χ2n) is 8.71. The Kier molecular flexibility index (Phi) is 3.66. The number of aromatic nitrogens is 2. The normalized spacial score (nSPS) is 32.0. The Hall–Kier alpha value is -2.17. The fraction of sp³-hybridized carbons (Fsp3) is 0.524.